The maximum Gasteiger partial charge on any atom is 0.337 e. The molecule has 0 aliphatic carbocycles. The van der Waals surface area contributed by atoms with E-state index in [0.29, 0.717) is 18.6 Å². The number of methoxy groups -OCH3 is 1. The zero-order chi connectivity index (χ0) is 22.0. The smallest absolute Gasteiger partial charge is 0.337 e. The quantitative estimate of drug-likeness (QED) is 0.366. The van der Waals surface area contributed by atoms with E-state index in [2.05, 4.69) is 0 Å². The average molecular weight is 434 g/mol. The predicted molar refractivity (Wildman–Crippen MR) is 97.4 cm³/mol. The zero-order valence-corrected chi connectivity index (χ0v) is 17.1. The lowest BCUT2D eigenvalue weighted by Gasteiger charge is -2.47. The number of hydrogen-bond acceptors (Lipinski definition) is 11. The van der Waals surface area contributed by atoms with Crippen molar-refractivity contribution in [1.29, 1.82) is 0 Å². The van der Waals surface area contributed by atoms with Gasteiger partial charge in [-0.3, -0.25) is 0 Å². The minimum Gasteiger partial charge on any atom is -0.471 e. The first-order chi connectivity index (χ1) is 14.3. The second-order valence-corrected chi connectivity index (χ2v) is 7.55. The van der Waals surface area contributed by atoms with Crippen molar-refractivity contribution >= 4 is 5.97 Å². The molecule has 10 atom stereocenters. The molecule has 0 aromatic heterocycles. The maximum atomic E-state index is 12.3. The standard InChI is InChI=1S/C19H30O11/c1-4-26-12-5-9-10(17(24)25-3)7-27-18(13(9)8(2)28-12)30-19-16(23)15(22)14(21)11(6-20)29-19/h7-9,11-16,18-23H,4-6H2,1-3H3/t8-,9?,11+,12?,13?,14+,15-,16+,18-,19-/m0/s1. The van der Waals surface area contributed by atoms with Gasteiger partial charge < -0.3 is 48.8 Å². The van der Waals surface area contributed by atoms with Gasteiger partial charge in [-0.15, -0.1) is 0 Å². The van der Waals surface area contributed by atoms with Gasteiger partial charge in [-0.1, -0.05) is 0 Å². The van der Waals surface area contributed by atoms with Gasteiger partial charge >= 0.3 is 5.97 Å². The Balaban J connectivity index is 1.82. The van der Waals surface area contributed by atoms with Crippen LogP contribution in [0.3, 0.4) is 0 Å². The molecule has 3 heterocycles. The Morgan fingerprint density at radius 1 is 1.17 bits per heavy atom. The first-order valence-corrected chi connectivity index (χ1v) is 9.99. The molecule has 172 valence electrons. The Bertz CT molecular complexity index is 624. The number of rotatable bonds is 6. The number of aliphatic hydroxyl groups excluding tert-OH is 4. The van der Waals surface area contributed by atoms with E-state index in [1.54, 1.807) is 6.92 Å². The van der Waals surface area contributed by atoms with Gasteiger partial charge in [0.25, 0.3) is 0 Å². The molecule has 2 fully saturated rings. The highest BCUT2D eigenvalue weighted by Crippen LogP contribution is 2.43. The van der Waals surface area contributed by atoms with Gasteiger partial charge in [0.1, 0.15) is 24.4 Å². The summed E-state index contributed by atoms with van der Waals surface area (Å²) < 4.78 is 33.2. The van der Waals surface area contributed by atoms with E-state index in [1.165, 1.54) is 13.4 Å². The number of hydrogen-bond donors (Lipinski definition) is 4. The third-order valence-corrected chi connectivity index (χ3v) is 5.75. The molecule has 0 spiro atoms. The van der Waals surface area contributed by atoms with Crippen LogP contribution in [0.2, 0.25) is 0 Å². The van der Waals surface area contributed by atoms with E-state index in [0.717, 1.165) is 0 Å². The molecule has 0 aromatic rings. The fraction of sp³-hybridized carbons (Fsp3) is 0.842. The van der Waals surface area contributed by atoms with Crippen LogP contribution in [0.15, 0.2) is 11.8 Å². The molecule has 0 amide bonds. The Kier molecular flexibility index (Phi) is 7.69. The Hall–Kier alpha value is -1.31. The number of aliphatic hydroxyl groups is 4. The van der Waals surface area contributed by atoms with Crippen LogP contribution >= 0.6 is 0 Å². The summed E-state index contributed by atoms with van der Waals surface area (Å²) in [5.74, 6) is -1.39. The molecule has 3 unspecified atom stereocenters. The second-order valence-electron chi connectivity index (χ2n) is 7.55. The fourth-order valence-corrected chi connectivity index (χ4v) is 4.19. The third-order valence-electron chi connectivity index (χ3n) is 5.75. The molecular formula is C19H30O11. The van der Waals surface area contributed by atoms with Crippen molar-refractivity contribution in [3.05, 3.63) is 11.8 Å². The SMILES string of the molecule is CCOC1CC2C(C(=O)OC)=CO[C@@H](O[C@@H]3O[C@H](CO)[C@@H](O)[C@H](O)[C@H]3O)C2[C@H](C)O1. The van der Waals surface area contributed by atoms with Crippen LogP contribution in [0, 0.1) is 11.8 Å². The van der Waals surface area contributed by atoms with Crippen molar-refractivity contribution in [2.45, 2.75) is 69.7 Å². The van der Waals surface area contributed by atoms with Crippen LogP contribution < -0.4 is 0 Å². The highest BCUT2D eigenvalue weighted by Gasteiger charge is 2.51. The van der Waals surface area contributed by atoms with Gasteiger partial charge in [0, 0.05) is 18.9 Å². The van der Waals surface area contributed by atoms with Crippen LogP contribution in [-0.4, -0.2) is 96.1 Å². The minimum absolute atomic E-state index is 0.316. The summed E-state index contributed by atoms with van der Waals surface area (Å²) in [6, 6.07) is 0. The Morgan fingerprint density at radius 2 is 1.90 bits per heavy atom. The molecule has 0 bridgehead atoms. The van der Waals surface area contributed by atoms with Crippen molar-refractivity contribution in [2.75, 3.05) is 20.3 Å². The normalized spacial score (nSPS) is 43.9. The fourth-order valence-electron chi connectivity index (χ4n) is 4.19. The molecule has 3 rings (SSSR count). The van der Waals surface area contributed by atoms with Crippen LogP contribution in [0.25, 0.3) is 0 Å². The topological polar surface area (TPSA) is 153 Å². The van der Waals surface area contributed by atoms with Crippen LogP contribution in [0.1, 0.15) is 20.3 Å². The Morgan fingerprint density at radius 3 is 2.53 bits per heavy atom. The summed E-state index contributed by atoms with van der Waals surface area (Å²) in [6.45, 7) is 3.49. The summed E-state index contributed by atoms with van der Waals surface area (Å²) in [7, 11) is 1.28. The van der Waals surface area contributed by atoms with E-state index < -0.39 is 67.9 Å². The van der Waals surface area contributed by atoms with E-state index in [1.807, 2.05) is 6.92 Å². The molecule has 2 saturated heterocycles. The molecular weight excluding hydrogens is 404 g/mol. The molecule has 0 saturated carbocycles. The zero-order valence-electron chi connectivity index (χ0n) is 17.1. The summed E-state index contributed by atoms with van der Waals surface area (Å²) in [5, 5.41) is 39.6. The van der Waals surface area contributed by atoms with Crippen molar-refractivity contribution in [3.63, 3.8) is 0 Å². The van der Waals surface area contributed by atoms with E-state index in [4.69, 9.17) is 28.4 Å². The molecule has 0 radical (unpaired) electrons. The largest absolute Gasteiger partial charge is 0.471 e. The van der Waals surface area contributed by atoms with Crippen LogP contribution in [0.4, 0.5) is 0 Å². The van der Waals surface area contributed by atoms with Crippen LogP contribution in [-0.2, 0) is 33.2 Å². The average Bonchev–Trinajstić information content (AvgIpc) is 2.73. The first kappa shape index (κ1) is 23.4. The van der Waals surface area contributed by atoms with E-state index >= 15 is 0 Å². The van der Waals surface area contributed by atoms with Crippen molar-refractivity contribution in [2.24, 2.45) is 11.8 Å². The molecule has 0 aromatic carbocycles. The number of ether oxygens (including phenoxy) is 6. The van der Waals surface area contributed by atoms with Gasteiger partial charge in [0.05, 0.1) is 37.6 Å². The number of carbonyl (C=O) groups excluding carboxylic acids is 1. The summed E-state index contributed by atoms with van der Waals surface area (Å²) in [6.07, 6.45) is -7.51. The molecule has 4 N–H and O–H groups in total. The summed E-state index contributed by atoms with van der Waals surface area (Å²) >= 11 is 0. The maximum absolute atomic E-state index is 12.3. The van der Waals surface area contributed by atoms with Gasteiger partial charge in [0.15, 0.2) is 12.6 Å². The van der Waals surface area contributed by atoms with Crippen molar-refractivity contribution < 1.29 is 53.6 Å². The van der Waals surface area contributed by atoms with Gasteiger partial charge in [0.2, 0.25) is 6.29 Å². The second kappa shape index (κ2) is 9.88. The monoisotopic (exact) mass is 434 g/mol. The van der Waals surface area contributed by atoms with E-state index in [9.17, 15) is 25.2 Å². The van der Waals surface area contributed by atoms with Gasteiger partial charge in [-0.25, -0.2) is 4.79 Å². The Labute approximate surface area is 174 Å². The van der Waals surface area contributed by atoms with E-state index in [-0.39, 0.29) is 5.92 Å². The lowest BCUT2D eigenvalue weighted by molar-refractivity contribution is -0.353. The number of esters is 1. The summed E-state index contributed by atoms with van der Waals surface area (Å²) in [4.78, 5) is 12.3. The predicted octanol–water partition coefficient (Wildman–Crippen LogP) is -1.38. The van der Waals surface area contributed by atoms with Crippen molar-refractivity contribution in [1.82, 2.24) is 0 Å². The third kappa shape index (κ3) is 4.48. The molecule has 11 nitrogen and oxygen atoms in total. The molecule has 11 heteroatoms. The summed E-state index contributed by atoms with van der Waals surface area (Å²) in [5.41, 5.74) is 0.316. The highest BCUT2D eigenvalue weighted by atomic mass is 16.8. The lowest BCUT2D eigenvalue weighted by atomic mass is 9.77. The lowest BCUT2D eigenvalue weighted by Crippen LogP contribution is -2.61. The number of carbonyl (C=O) groups is 1. The number of fused-ring (bicyclic) bond motifs is 1. The molecule has 3 aliphatic heterocycles. The first-order valence-electron chi connectivity index (χ1n) is 9.99. The minimum atomic E-state index is -1.58. The van der Waals surface area contributed by atoms with Gasteiger partial charge in [-0.2, -0.15) is 0 Å². The van der Waals surface area contributed by atoms with Gasteiger partial charge in [-0.05, 0) is 13.8 Å². The molecule has 30 heavy (non-hydrogen) atoms. The highest BCUT2D eigenvalue weighted by molar-refractivity contribution is 5.88. The van der Waals surface area contributed by atoms with Crippen LogP contribution in [0.5, 0.6) is 0 Å². The molecule has 3 aliphatic rings. The van der Waals surface area contributed by atoms with Crippen molar-refractivity contribution in [3.8, 4) is 0 Å².